The summed E-state index contributed by atoms with van der Waals surface area (Å²) < 4.78 is 7.09. The van der Waals surface area contributed by atoms with Gasteiger partial charge >= 0.3 is 0 Å². The average Bonchev–Trinajstić information content (AvgIpc) is 2.69. The van der Waals surface area contributed by atoms with Gasteiger partial charge < -0.3 is 4.43 Å². The van der Waals surface area contributed by atoms with E-state index < -0.39 is 8.32 Å². The molecule has 2 aromatic carbocycles. The average molecular weight is 412 g/mol. The van der Waals surface area contributed by atoms with Gasteiger partial charge in [-0.2, -0.15) is 0 Å². The fourth-order valence-corrected chi connectivity index (χ4v) is 9.06. The summed E-state index contributed by atoms with van der Waals surface area (Å²) in [6, 6.07) is 21.4. The standard InChI is InChI=1S/C24H33NO3Si/c1-24(2,3)29(21-12-8-6-9-13-21,22-14-10-7-11-15-22)28-20-16-19(17-20)18-23(26)25(4)27-5/h6-15,19-20H,16-18H2,1-5H3. The maximum Gasteiger partial charge on any atom is 0.261 e. The van der Waals surface area contributed by atoms with Crippen LogP contribution in [0.3, 0.4) is 0 Å². The van der Waals surface area contributed by atoms with Gasteiger partial charge in [-0.25, -0.2) is 5.06 Å². The highest BCUT2D eigenvalue weighted by Gasteiger charge is 2.52. The monoisotopic (exact) mass is 411 g/mol. The van der Waals surface area contributed by atoms with Crippen molar-refractivity contribution in [2.24, 2.45) is 5.92 Å². The predicted molar refractivity (Wildman–Crippen MR) is 120 cm³/mol. The van der Waals surface area contributed by atoms with Gasteiger partial charge in [0.2, 0.25) is 5.91 Å². The maximum atomic E-state index is 12.1. The molecule has 2 aromatic rings. The molecule has 0 aliphatic heterocycles. The van der Waals surface area contributed by atoms with Crippen molar-refractivity contribution in [2.75, 3.05) is 14.2 Å². The zero-order valence-electron chi connectivity index (χ0n) is 18.2. The lowest BCUT2D eigenvalue weighted by Gasteiger charge is -2.48. The largest absolute Gasteiger partial charge is 0.404 e. The Hall–Kier alpha value is -1.95. The second-order valence-electron chi connectivity index (χ2n) is 9.02. The van der Waals surface area contributed by atoms with Crippen LogP contribution in [0.5, 0.6) is 0 Å². The number of nitrogens with zero attached hydrogens (tertiary/aromatic N) is 1. The van der Waals surface area contributed by atoms with E-state index in [1.54, 1.807) is 7.05 Å². The Morgan fingerprint density at radius 1 is 1.00 bits per heavy atom. The Bertz CT molecular complexity index is 758. The second kappa shape index (κ2) is 8.82. The van der Waals surface area contributed by atoms with E-state index in [1.165, 1.54) is 22.5 Å². The number of hydrogen-bond donors (Lipinski definition) is 0. The van der Waals surface area contributed by atoms with Crippen molar-refractivity contribution in [3.8, 4) is 0 Å². The van der Waals surface area contributed by atoms with E-state index in [0.29, 0.717) is 12.3 Å². The third-order valence-electron chi connectivity index (χ3n) is 6.04. The first-order chi connectivity index (χ1) is 13.8. The molecule has 5 heteroatoms. The molecule has 0 saturated heterocycles. The van der Waals surface area contributed by atoms with Crippen molar-refractivity contribution >= 4 is 24.6 Å². The predicted octanol–water partition coefficient (Wildman–Crippen LogP) is 3.75. The van der Waals surface area contributed by atoms with Crippen molar-refractivity contribution in [1.29, 1.82) is 0 Å². The summed E-state index contributed by atoms with van der Waals surface area (Å²) in [4.78, 5) is 17.1. The number of rotatable bonds is 7. The first-order valence-corrected chi connectivity index (χ1v) is 12.3. The van der Waals surface area contributed by atoms with Crippen LogP contribution in [0.1, 0.15) is 40.0 Å². The molecule has 0 N–H and O–H groups in total. The molecule has 1 aliphatic rings. The second-order valence-corrected chi connectivity index (χ2v) is 13.3. The summed E-state index contributed by atoms with van der Waals surface area (Å²) in [6.45, 7) is 6.89. The minimum atomic E-state index is -2.50. The molecule has 0 unspecified atom stereocenters. The molecule has 3 rings (SSSR count). The molecule has 1 saturated carbocycles. The van der Waals surface area contributed by atoms with E-state index >= 15 is 0 Å². The van der Waals surface area contributed by atoms with Crippen molar-refractivity contribution in [1.82, 2.24) is 5.06 Å². The van der Waals surface area contributed by atoms with Crippen LogP contribution in [0.15, 0.2) is 60.7 Å². The zero-order valence-corrected chi connectivity index (χ0v) is 19.2. The van der Waals surface area contributed by atoms with Crippen molar-refractivity contribution in [3.63, 3.8) is 0 Å². The Morgan fingerprint density at radius 2 is 1.48 bits per heavy atom. The van der Waals surface area contributed by atoms with Gasteiger partial charge in [0, 0.05) is 19.6 Å². The fourth-order valence-electron chi connectivity index (χ4n) is 4.36. The number of hydroxylamine groups is 2. The summed E-state index contributed by atoms with van der Waals surface area (Å²) in [5.41, 5.74) is 0. The van der Waals surface area contributed by atoms with Crippen LogP contribution in [0.25, 0.3) is 0 Å². The molecule has 0 atom stereocenters. The van der Waals surface area contributed by atoms with Crippen LogP contribution in [-0.4, -0.2) is 39.5 Å². The first-order valence-electron chi connectivity index (χ1n) is 10.4. The Labute approximate surface area is 175 Å². The molecule has 29 heavy (non-hydrogen) atoms. The van der Waals surface area contributed by atoms with Gasteiger partial charge in [-0.15, -0.1) is 0 Å². The summed E-state index contributed by atoms with van der Waals surface area (Å²) in [5, 5.41) is 3.90. The quantitative estimate of drug-likeness (QED) is 0.514. The molecular weight excluding hydrogens is 378 g/mol. The van der Waals surface area contributed by atoms with Gasteiger partial charge in [0.05, 0.1) is 7.11 Å². The molecule has 4 nitrogen and oxygen atoms in total. The molecule has 1 amide bonds. The van der Waals surface area contributed by atoms with Crippen LogP contribution < -0.4 is 10.4 Å². The molecule has 0 aromatic heterocycles. The molecule has 0 bridgehead atoms. The highest BCUT2D eigenvalue weighted by atomic mass is 28.4. The van der Waals surface area contributed by atoms with Crippen LogP contribution in [0.4, 0.5) is 0 Å². The van der Waals surface area contributed by atoms with Gasteiger partial charge in [0.1, 0.15) is 0 Å². The summed E-state index contributed by atoms with van der Waals surface area (Å²) in [6.07, 6.45) is 2.55. The Kier molecular flexibility index (Phi) is 6.61. The minimum Gasteiger partial charge on any atom is -0.404 e. The molecule has 0 radical (unpaired) electrons. The third kappa shape index (κ3) is 4.47. The molecule has 1 fully saturated rings. The number of carbonyl (C=O) groups excluding carboxylic acids is 1. The first kappa shape index (κ1) is 21.7. The van der Waals surface area contributed by atoms with Gasteiger partial charge in [-0.05, 0) is 34.2 Å². The molecule has 1 aliphatic carbocycles. The van der Waals surface area contributed by atoms with Crippen LogP contribution in [0, 0.1) is 5.92 Å². The molecular formula is C24H33NO3Si. The topological polar surface area (TPSA) is 38.8 Å². The van der Waals surface area contributed by atoms with Crippen molar-refractivity contribution < 1.29 is 14.1 Å². The van der Waals surface area contributed by atoms with Crippen LogP contribution in [-0.2, 0) is 14.1 Å². The lowest BCUT2D eigenvalue weighted by Crippen LogP contribution is -2.68. The van der Waals surface area contributed by atoms with E-state index in [1.807, 2.05) is 0 Å². The molecule has 156 valence electrons. The van der Waals surface area contributed by atoms with Gasteiger partial charge in [-0.3, -0.25) is 9.63 Å². The smallest absolute Gasteiger partial charge is 0.261 e. The third-order valence-corrected chi connectivity index (χ3v) is 11.1. The Morgan fingerprint density at radius 3 is 1.90 bits per heavy atom. The number of hydrogen-bond acceptors (Lipinski definition) is 3. The zero-order chi connectivity index (χ0) is 21.1. The lowest BCUT2D eigenvalue weighted by atomic mass is 9.80. The SMILES string of the molecule is CON(C)C(=O)CC1CC(O[Si](c2ccccc2)(c2ccccc2)C(C)(C)C)C1. The maximum absolute atomic E-state index is 12.1. The van der Waals surface area contributed by atoms with Gasteiger partial charge in [0.25, 0.3) is 8.32 Å². The minimum absolute atomic E-state index is 0.0210. The highest BCUT2D eigenvalue weighted by molar-refractivity contribution is 6.99. The van der Waals surface area contributed by atoms with Crippen molar-refractivity contribution in [3.05, 3.63) is 60.7 Å². The van der Waals surface area contributed by atoms with Crippen molar-refractivity contribution in [2.45, 2.75) is 51.2 Å². The lowest BCUT2D eigenvalue weighted by molar-refractivity contribution is -0.171. The van der Waals surface area contributed by atoms with E-state index in [4.69, 9.17) is 9.26 Å². The normalized spacial score (nSPS) is 19.5. The fraction of sp³-hybridized carbons (Fsp3) is 0.458. The van der Waals surface area contributed by atoms with Gasteiger partial charge in [0.15, 0.2) is 0 Å². The van der Waals surface area contributed by atoms with Gasteiger partial charge in [-0.1, -0.05) is 81.4 Å². The summed E-state index contributed by atoms with van der Waals surface area (Å²) >= 11 is 0. The van der Waals surface area contributed by atoms with Crippen LogP contribution in [0.2, 0.25) is 5.04 Å². The highest BCUT2D eigenvalue weighted by Crippen LogP contribution is 2.42. The summed E-state index contributed by atoms with van der Waals surface area (Å²) in [5.74, 6) is 0.393. The van der Waals surface area contributed by atoms with E-state index in [9.17, 15) is 4.79 Å². The van der Waals surface area contributed by atoms with E-state index in [0.717, 1.165) is 12.8 Å². The van der Waals surface area contributed by atoms with E-state index in [-0.39, 0.29) is 17.0 Å². The van der Waals surface area contributed by atoms with E-state index in [2.05, 4.69) is 81.4 Å². The van der Waals surface area contributed by atoms with Crippen LogP contribution >= 0.6 is 0 Å². The Balaban J connectivity index is 1.85. The number of carbonyl (C=O) groups is 1. The molecule has 0 spiro atoms. The number of benzene rings is 2. The summed E-state index contributed by atoms with van der Waals surface area (Å²) in [7, 11) is 0.685. The number of amides is 1. The molecule has 0 heterocycles.